The summed E-state index contributed by atoms with van der Waals surface area (Å²) in [5.74, 6) is -0.417. The summed E-state index contributed by atoms with van der Waals surface area (Å²) in [5, 5.41) is 17.5. The Hall–Kier alpha value is -2.10. The van der Waals surface area contributed by atoms with Gasteiger partial charge in [-0.15, -0.1) is 0 Å². The van der Waals surface area contributed by atoms with Crippen LogP contribution in [0.3, 0.4) is 0 Å². The van der Waals surface area contributed by atoms with E-state index < -0.39 is 0 Å². The minimum absolute atomic E-state index is 0. The number of aromatic hydroxyl groups is 2. The first-order valence-electron chi connectivity index (χ1n) is 5.18. The molecule has 0 saturated heterocycles. The van der Waals surface area contributed by atoms with Crippen LogP contribution in [0.25, 0.3) is 0 Å². The third kappa shape index (κ3) is 6.40. The largest absolute Gasteiger partial charge is 0.504 e. The zero-order chi connectivity index (χ0) is 13.4. The summed E-state index contributed by atoms with van der Waals surface area (Å²) in [4.78, 5) is 21.1. The van der Waals surface area contributed by atoms with Crippen molar-refractivity contribution in [3.63, 3.8) is 0 Å². The maximum absolute atomic E-state index is 10.6. The summed E-state index contributed by atoms with van der Waals surface area (Å²) in [6.45, 7) is 0. The van der Waals surface area contributed by atoms with E-state index in [1.807, 2.05) is 0 Å². The van der Waals surface area contributed by atoms with Gasteiger partial charge in [0.05, 0.1) is 0 Å². The van der Waals surface area contributed by atoms with E-state index >= 15 is 0 Å². The van der Waals surface area contributed by atoms with Crippen molar-refractivity contribution in [3.8, 4) is 11.5 Å². The summed E-state index contributed by atoms with van der Waals surface area (Å²) < 4.78 is 0. The Bertz CT molecular complexity index is 572. The van der Waals surface area contributed by atoms with E-state index in [4.69, 9.17) is 10.2 Å². The molecule has 0 aromatic heterocycles. The molecule has 0 atom stereocenters. The third-order valence-corrected chi connectivity index (χ3v) is 1.95. The summed E-state index contributed by atoms with van der Waals surface area (Å²) >= 11 is 0. The minimum Gasteiger partial charge on any atom is -0.504 e. The fourth-order valence-corrected chi connectivity index (χ4v) is 1.04. The monoisotopic (exact) mass is 307 g/mol. The second-order valence-electron chi connectivity index (χ2n) is 3.32. The van der Waals surface area contributed by atoms with E-state index in [1.54, 1.807) is 36.4 Å². The van der Waals surface area contributed by atoms with Crippen molar-refractivity contribution in [3.05, 3.63) is 81.1 Å². The van der Waals surface area contributed by atoms with Gasteiger partial charge in [-0.25, -0.2) is 0 Å². The predicted octanol–water partition coefficient (Wildman–Crippen LogP) is 1.50. The topological polar surface area (TPSA) is 74.6 Å². The molecule has 0 aliphatic carbocycles. The van der Waals surface area contributed by atoms with Crippen molar-refractivity contribution in [2.45, 2.75) is 0 Å². The molecule has 2 N–H and O–H groups in total. The molecule has 5 heteroatoms. The fraction of sp³-hybridized carbons (Fsp3) is 0. The molecular formula is C14H12CuO4. The molecule has 0 fully saturated rings. The van der Waals surface area contributed by atoms with E-state index in [0.29, 0.717) is 0 Å². The smallest absolute Gasteiger partial charge is 0.220 e. The van der Waals surface area contributed by atoms with Gasteiger partial charge in [0.1, 0.15) is 0 Å². The van der Waals surface area contributed by atoms with Crippen LogP contribution in [-0.4, -0.2) is 10.2 Å². The fourth-order valence-electron chi connectivity index (χ4n) is 1.04. The van der Waals surface area contributed by atoms with E-state index in [9.17, 15) is 9.59 Å². The average molecular weight is 308 g/mol. The van der Waals surface area contributed by atoms with Crippen LogP contribution in [0.2, 0.25) is 0 Å². The molecule has 2 aromatic rings. The molecule has 19 heavy (non-hydrogen) atoms. The zero-order valence-corrected chi connectivity index (χ0v) is 10.7. The van der Waals surface area contributed by atoms with E-state index in [0.717, 1.165) is 0 Å². The van der Waals surface area contributed by atoms with Crippen LogP contribution in [0.1, 0.15) is 0 Å². The first-order valence-corrected chi connectivity index (χ1v) is 5.18. The van der Waals surface area contributed by atoms with E-state index in [1.165, 1.54) is 24.3 Å². The van der Waals surface area contributed by atoms with Gasteiger partial charge in [-0.2, -0.15) is 0 Å². The molecule has 0 aliphatic heterocycles. The maximum Gasteiger partial charge on any atom is 0.220 e. The molecule has 0 saturated carbocycles. The maximum atomic E-state index is 10.6. The van der Waals surface area contributed by atoms with Gasteiger partial charge >= 0.3 is 0 Å². The molecule has 2 rings (SSSR count). The first kappa shape index (κ1) is 16.9. The first-order chi connectivity index (χ1) is 8.61. The second kappa shape index (κ2) is 8.91. The van der Waals surface area contributed by atoms with Gasteiger partial charge in [0.2, 0.25) is 10.9 Å². The van der Waals surface area contributed by atoms with Crippen LogP contribution in [0.5, 0.6) is 11.5 Å². The van der Waals surface area contributed by atoms with Gasteiger partial charge in [0, 0.05) is 17.1 Å². The van der Waals surface area contributed by atoms with Crippen molar-refractivity contribution in [2.75, 3.05) is 0 Å². The summed E-state index contributed by atoms with van der Waals surface area (Å²) in [6, 6.07) is 15.1. The van der Waals surface area contributed by atoms with Crippen molar-refractivity contribution >= 4 is 0 Å². The summed E-state index contributed by atoms with van der Waals surface area (Å²) in [6.07, 6.45) is 0. The zero-order valence-electron chi connectivity index (χ0n) is 9.79. The molecule has 0 unspecified atom stereocenters. The molecule has 2 aromatic carbocycles. The van der Waals surface area contributed by atoms with Gasteiger partial charge < -0.3 is 10.2 Å². The summed E-state index contributed by atoms with van der Waals surface area (Å²) in [5.41, 5.74) is -0.694. The van der Waals surface area contributed by atoms with Gasteiger partial charge in [0.25, 0.3) is 0 Å². The van der Waals surface area contributed by atoms with Crippen LogP contribution < -0.4 is 10.9 Å². The van der Waals surface area contributed by atoms with Gasteiger partial charge in [-0.05, 0) is 24.3 Å². The van der Waals surface area contributed by atoms with Crippen molar-refractivity contribution in [1.29, 1.82) is 0 Å². The Morgan fingerprint density at radius 2 is 0.895 bits per heavy atom. The Morgan fingerprint density at radius 3 is 1.26 bits per heavy atom. The van der Waals surface area contributed by atoms with Crippen LogP contribution in [0.15, 0.2) is 70.3 Å². The Kier molecular flexibility index (Phi) is 7.93. The van der Waals surface area contributed by atoms with Crippen LogP contribution in [0.4, 0.5) is 0 Å². The quantitative estimate of drug-likeness (QED) is 0.723. The normalized spacial score (nSPS) is 8.42. The van der Waals surface area contributed by atoms with Crippen molar-refractivity contribution in [1.82, 2.24) is 0 Å². The standard InChI is InChI=1S/2C7H6O2.Cu/c2*8-6-4-2-1-3-5-7(6)9;/h2*1-5H,(H,8,9);. The van der Waals surface area contributed by atoms with Crippen LogP contribution in [0, 0.1) is 0 Å². The number of rotatable bonds is 0. The van der Waals surface area contributed by atoms with Gasteiger partial charge in [0.15, 0.2) is 11.5 Å². The van der Waals surface area contributed by atoms with Crippen molar-refractivity contribution in [2.24, 2.45) is 0 Å². The molecule has 4 nitrogen and oxygen atoms in total. The molecule has 0 amide bonds. The molecule has 0 bridgehead atoms. The van der Waals surface area contributed by atoms with E-state index in [2.05, 4.69) is 0 Å². The third-order valence-electron chi connectivity index (χ3n) is 1.95. The molecule has 103 valence electrons. The minimum atomic E-state index is -0.347. The molecule has 1 radical (unpaired) electrons. The molecular weight excluding hydrogens is 296 g/mol. The van der Waals surface area contributed by atoms with Crippen molar-refractivity contribution < 1.29 is 27.3 Å². The summed E-state index contributed by atoms with van der Waals surface area (Å²) in [7, 11) is 0. The molecule has 0 heterocycles. The van der Waals surface area contributed by atoms with Crippen LogP contribution in [-0.2, 0) is 17.1 Å². The van der Waals surface area contributed by atoms with Crippen LogP contribution >= 0.6 is 0 Å². The SMILES string of the molecule is O=c1cccccc1O.O=c1cccccc1O.[Cu]. The average Bonchev–Trinajstić information content (AvgIpc) is 2.65. The Labute approximate surface area is 120 Å². The predicted molar refractivity (Wildman–Crippen MR) is 68.8 cm³/mol. The number of hydrogen-bond donors (Lipinski definition) is 2. The number of hydrogen-bond acceptors (Lipinski definition) is 4. The van der Waals surface area contributed by atoms with Gasteiger partial charge in [-0.1, -0.05) is 36.4 Å². The van der Waals surface area contributed by atoms with Gasteiger partial charge in [-0.3, -0.25) is 9.59 Å². The Balaban J connectivity index is 0.000000324. The second-order valence-corrected chi connectivity index (χ2v) is 3.32. The molecule has 0 spiro atoms. The Morgan fingerprint density at radius 1 is 0.579 bits per heavy atom. The van der Waals surface area contributed by atoms with E-state index in [-0.39, 0.29) is 39.4 Å². The molecule has 0 aliphatic rings.